The predicted octanol–water partition coefficient (Wildman–Crippen LogP) is 1.56. The van der Waals surface area contributed by atoms with E-state index < -0.39 is 0 Å². The van der Waals surface area contributed by atoms with Crippen LogP contribution in [0.15, 0.2) is 24.5 Å². The van der Waals surface area contributed by atoms with Crippen molar-refractivity contribution < 1.29 is 0 Å². The van der Waals surface area contributed by atoms with E-state index in [1.54, 1.807) is 0 Å². The Morgan fingerprint density at radius 1 is 1.29 bits per heavy atom. The van der Waals surface area contributed by atoms with Crippen LogP contribution in [-0.4, -0.2) is 43.1 Å². The molecule has 0 unspecified atom stereocenters. The van der Waals surface area contributed by atoms with Crippen LogP contribution < -0.4 is 5.32 Å². The van der Waals surface area contributed by atoms with E-state index in [4.69, 9.17) is 0 Å². The molecule has 0 aromatic carbocycles. The molecule has 0 aliphatic carbocycles. The first-order valence-electron chi connectivity index (χ1n) is 6.63. The summed E-state index contributed by atoms with van der Waals surface area (Å²) in [6.07, 6.45) is 7.55. The molecule has 0 radical (unpaired) electrons. The van der Waals surface area contributed by atoms with Gasteiger partial charge in [0.2, 0.25) is 0 Å². The van der Waals surface area contributed by atoms with Crippen LogP contribution >= 0.6 is 0 Å². The first kappa shape index (κ1) is 12.5. The maximum Gasteiger partial charge on any atom is 0.0270 e. The number of rotatable bonds is 5. The molecule has 0 spiro atoms. The van der Waals surface area contributed by atoms with Crippen LogP contribution in [0.5, 0.6) is 0 Å². The lowest BCUT2D eigenvalue weighted by atomic mass is 9.97. The monoisotopic (exact) mass is 233 g/mol. The topological polar surface area (TPSA) is 28.2 Å². The van der Waals surface area contributed by atoms with E-state index in [0.29, 0.717) is 0 Å². The van der Waals surface area contributed by atoms with Crippen molar-refractivity contribution in [3.63, 3.8) is 0 Å². The molecular formula is C14H23N3. The van der Waals surface area contributed by atoms with Crippen molar-refractivity contribution in [1.29, 1.82) is 0 Å². The van der Waals surface area contributed by atoms with Crippen LogP contribution in [0.1, 0.15) is 18.4 Å². The molecular weight excluding hydrogens is 210 g/mol. The number of likely N-dealkylation sites (N-methyl/N-ethyl adjacent to an activating group) is 1. The van der Waals surface area contributed by atoms with E-state index in [2.05, 4.69) is 34.4 Å². The largest absolute Gasteiger partial charge is 0.317 e. The maximum atomic E-state index is 4.05. The zero-order valence-electron chi connectivity index (χ0n) is 10.7. The van der Waals surface area contributed by atoms with Crippen molar-refractivity contribution in [2.75, 3.05) is 33.2 Å². The fourth-order valence-electron chi connectivity index (χ4n) is 2.47. The molecule has 94 valence electrons. The number of hydrogen-bond acceptors (Lipinski definition) is 3. The van der Waals surface area contributed by atoms with Gasteiger partial charge in [-0.2, -0.15) is 0 Å². The molecule has 1 aliphatic heterocycles. The minimum absolute atomic E-state index is 0.888. The van der Waals surface area contributed by atoms with Gasteiger partial charge in [0.25, 0.3) is 0 Å². The van der Waals surface area contributed by atoms with Gasteiger partial charge in [0.1, 0.15) is 0 Å². The highest BCUT2D eigenvalue weighted by Gasteiger charge is 2.14. The fourth-order valence-corrected chi connectivity index (χ4v) is 2.47. The molecule has 1 fully saturated rings. The summed E-state index contributed by atoms with van der Waals surface area (Å²) in [5.74, 6) is 0.888. The summed E-state index contributed by atoms with van der Waals surface area (Å²) in [4.78, 5) is 6.51. The van der Waals surface area contributed by atoms with E-state index >= 15 is 0 Å². The molecule has 1 aliphatic rings. The van der Waals surface area contributed by atoms with Crippen molar-refractivity contribution in [2.24, 2.45) is 5.92 Å². The van der Waals surface area contributed by atoms with Gasteiger partial charge in [-0.3, -0.25) is 4.98 Å². The number of pyridine rings is 1. The first-order valence-corrected chi connectivity index (χ1v) is 6.63. The SMILES string of the molecule is CN(CCc1ccncc1)CC1CCNCC1. The highest BCUT2D eigenvalue weighted by Crippen LogP contribution is 2.12. The Morgan fingerprint density at radius 3 is 2.71 bits per heavy atom. The van der Waals surface area contributed by atoms with Crippen LogP contribution in [0.25, 0.3) is 0 Å². The summed E-state index contributed by atoms with van der Waals surface area (Å²) in [5, 5.41) is 3.42. The van der Waals surface area contributed by atoms with E-state index in [0.717, 1.165) is 18.9 Å². The van der Waals surface area contributed by atoms with Crippen molar-refractivity contribution in [3.8, 4) is 0 Å². The minimum Gasteiger partial charge on any atom is -0.317 e. The van der Waals surface area contributed by atoms with E-state index in [1.807, 2.05) is 12.4 Å². The Hall–Kier alpha value is -0.930. The third-order valence-electron chi connectivity index (χ3n) is 3.56. The Kier molecular flexibility index (Phi) is 4.95. The Bertz CT molecular complexity index is 307. The molecule has 0 bridgehead atoms. The van der Waals surface area contributed by atoms with E-state index in [9.17, 15) is 0 Å². The lowest BCUT2D eigenvalue weighted by Crippen LogP contribution is -2.35. The van der Waals surface area contributed by atoms with Gasteiger partial charge in [-0.05, 0) is 63.0 Å². The van der Waals surface area contributed by atoms with Crippen LogP contribution in [-0.2, 0) is 6.42 Å². The zero-order chi connectivity index (χ0) is 11.9. The third-order valence-corrected chi connectivity index (χ3v) is 3.56. The van der Waals surface area contributed by atoms with Crippen molar-refractivity contribution in [3.05, 3.63) is 30.1 Å². The summed E-state index contributed by atoms with van der Waals surface area (Å²) in [5.41, 5.74) is 1.39. The molecule has 3 heteroatoms. The quantitative estimate of drug-likeness (QED) is 0.836. The van der Waals surface area contributed by atoms with Gasteiger partial charge < -0.3 is 10.2 Å². The van der Waals surface area contributed by atoms with Gasteiger partial charge in [-0.15, -0.1) is 0 Å². The van der Waals surface area contributed by atoms with Crippen LogP contribution in [0.3, 0.4) is 0 Å². The van der Waals surface area contributed by atoms with Crippen molar-refractivity contribution in [1.82, 2.24) is 15.2 Å². The molecule has 0 amide bonds. The normalized spacial score (nSPS) is 17.5. The molecule has 1 N–H and O–H groups in total. The molecule has 1 aromatic rings. The average Bonchev–Trinajstić information content (AvgIpc) is 2.39. The predicted molar refractivity (Wildman–Crippen MR) is 71.0 cm³/mol. The lowest BCUT2D eigenvalue weighted by molar-refractivity contribution is 0.242. The smallest absolute Gasteiger partial charge is 0.0270 e. The molecule has 1 aromatic heterocycles. The van der Waals surface area contributed by atoms with Crippen LogP contribution in [0.2, 0.25) is 0 Å². The van der Waals surface area contributed by atoms with Gasteiger partial charge in [0.15, 0.2) is 0 Å². The summed E-state index contributed by atoms with van der Waals surface area (Å²) in [6.45, 7) is 4.78. The molecule has 0 atom stereocenters. The van der Waals surface area contributed by atoms with Crippen LogP contribution in [0.4, 0.5) is 0 Å². The lowest BCUT2D eigenvalue weighted by Gasteiger charge is -2.27. The third kappa shape index (κ3) is 4.44. The first-order chi connectivity index (χ1) is 8.34. The van der Waals surface area contributed by atoms with E-state index in [-0.39, 0.29) is 0 Å². The Morgan fingerprint density at radius 2 is 2.00 bits per heavy atom. The van der Waals surface area contributed by atoms with Gasteiger partial charge in [-0.1, -0.05) is 0 Å². The van der Waals surface area contributed by atoms with Crippen molar-refractivity contribution >= 4 is 0 Å². The molecule has 2 rings (SSSR count). The average molecular weight is 233 g/mol. The molecule has 2 heterocycles. The van der Waals surface area contributed by atoms with Gasteiger partial charge in [0.05, 0.1) is 0 Å². The van der Waals surface area contributed by atoms with Gasteiger partial charge in [0, 0.05) is 25.5 Å². The van der Waals surface area contributed by atoms with Gasteiger partial charge in [-0.25, -0.2) is 0 Å². The van der Waals surface area contributed by atoms with Gasteiger partial charge >= 0.3 is 0 Å². The second-order valence-electron chi connectivity index (χ2n) is 5.06. The molecule has 1 saturated heterocycles. The Labute approximate surface area is 104 Å². The van der Waals surface area contributed by atoms with Crippen molar-refractivity contribution in [2.45, 2.75) is 19.3 Å². The highest BCUT2D eigenvalue weighted by molar-refractivity contribution is 5.09. The second-order valence-corrected chi connectivity index (χ2v) is 5.06. The summed E-state index contributed by atoms with van der Waals surface area (Å²) >= 11 is 0. The highest BCUT2D eigenvalue weighted by atomic mass is 15.1. The number of hydrogen-bond donors (Lipinski definition) is 1. The summed E-state index contributed by atoms with van der Waals surface area (Å²) in [6, 6.07) is 4.22. The maximum absolute atomic E-state index is 4.05. The number of nitrogens with one attached hydrogen (secondary N) is 1. The second kappa shape index (κ2) is 6.72. The molecule has 0 saturated carbocycles. The molecule has 17 heavy (non-hydrogen) atoms. The minimum atomic E-state index is 0.888. The zero-order valence-corrected chi connectivity index (χ0v) is 10.7. The fraction of sp³-hybridized carbons (Fsp3) is 0.643. The standard InChI is InChI=1S/C14H23N3/c1-17(12-14-4-9-16-10-5-14)11-6-13-2-7-15-8-3-13/h2-3,7-8,14,16H,4-6,9-12H2,1H3. The number of nitrogens with zero attached hydrogens (tertiary/aromatic N) is 2. The van der Waals surface area contributed by atoms with Crippen LogP contribution in [0, 0.1) is 5.92 Å². The number of piperidine rings is 1. The Balaban J connectivity index is 1.68. The molecule has 3 nitrogen and oxygen atoms in total. The number of aromatic nitrogens is 1. The summed E-state index contributed by atoms with van der Waals surface area (Å²) in [7, 11) is 2.24. The summed E-state index contributed by atoms with van der Waals surface area (Å²) < 4.78 is 0. The van der Waals surface area contributed by atoms with E-state index in [1.165, 1.54) is 38.0 Å².